The fourth-order valence-electron chi connectivity index (χ4n) is 2.04. The van der Waals surface area contributed by atoms with Gasteiger partial charge in [-0.1, -0.05) is 13.8 Å². The summed E-state index contributed by atoms with van der Waals surface area (Å²) in [4.78, 5) is 15.3. The first-order valence-electron chi connectivity index (χ1n) is 7.08. The number of oxazole rings is 1. The second-order valence-corrected chi connectivity index (χ2v) is 7.67. The van der Waals surface area contributed by atoms with Gasteiger partial charge < -0.3 is 9.52 Å². The third kappa shape index (κ3) is 3.73. The summed E-state index contributed by atoms with van der Waals surface area (Å²) in [5.41, 5.74) is 0.238. The summed E-state index contributed by atoms with van der Waals surface area (Å²) in [6.45, 7) is 3.49. The van der Waals surface area contributed by atoms with Gasteiger partial charge in [-0.2, -0.15) is 4.98 Å². The summed E-state index contributed by atoms with van der Waals surface area (Å²) in [7, 11) is -2.47. The number of sulfonamides is 1. The molecule has 1 aromatic heterocycles. The van der Waals surface area contributed by atoms with Crippen LogP contribution in [-0.2, 0) is 10.0 Å². The van der Waals surface area contributed by atoms with E-state index in [-0.39, 0.29) is 23.4 Å². The van der Waals surface area contributed by atoms with E-state index in [0.29, 0.717) is 5.56 Å². The SMILES string of the molecule is CC(C)CS(=O)(=O)N(C)c1nc(-c2ccc(F)cc2)c(C(=O)O)o1. The normalized spacial score (nSPS) is 11.7. The third-order valence-corrected chi connectivity index (χ3v) is 5.24. The minimum Gasteiger partial charge on any atom is -0.475 e. The van der Waals surface area contributed by atoms with Gasteiger partial charge in [0.1, 0.15) is 11.5 Å². The van der Waals surface area contributed by atoms with Crippen molar-refractivity contribution in [2.24, 2.45) is 5.92 Å². The van der Waals surface area contributed by atoms with E-state index < -0.39 is 27.6 Å². The van der Waals surface area contributed by atoms with E-state index in [1.54, 1.807) is 13.8 Å². The van der Waals surface area contributed by atoms with Crippen molar-refractivity contribution >= 4 is 22.0 Å². The van der Waals surface area contributed by atoms with E-state index in [2.05, 4.69) is 4.98 Å². The summed E-state index contributed by atoms with van der Waals surface area (Å²) in [6, 6.07) is 4.62. The zero-order valence-electron chi connectivity index (χ0n) is 13.4. The van der Waals surface area contributed by atoms with Crippen molar-refractivity contribution in [1.29, 1.82) is 0 Å². The number of carbonyl (C=O) groups is 1. The first kappa shape index (κ1) is 17.9. The van der Waals surface area contributed by atoms with E-state index in [4.69, 9.17) is 4.42 Å². The van der Waals surface area contributed by atoms with Gasteiger partial charge in [0.25, 0.3) is 0 Å². The maximum Gasteiger partial charge on any atom is 0.374 e. The van der Waals surface area contributed by atoms with Crippen molar-refractivity contribution in [2.75, 3.05) is 17.1 Å². The molecule has 0 saturated heterocycles. The Morgan fingerprint density at radius 2 is 1.92 bits per heavy atom. The minimum atomic E-state index is -3.71. The Balaban J connectivity index is 2.49. The molecule has 0 aliphatic carbocycles. The summed E-state index contributed by atoms with van der Waals surface area (Å²) in [6.07, 6.45) is 0. The van der Waals surface area contributed by atoms with Crippen LogP contribution in [0.5, 0.6) is 0 Å². The number of anilines is 1. The van der Waals surface area contributed by atoms with Crippen LogP contribution in [0.4, 0.5) is 10.4 Å². The van der Waals surface area contributed by atoms with Crippen molar-refractivity contribution in [3.05, 3.63) is 35.8 Å². The van der Waals surface area contributed by atoms with Crippen LogP contribution in [0.3, 0.4) is 0 Å². The van der Waals surface area contributed by atoms with Crippen LogP contribution in [0.15, 0.2) is 28.7 Å². The molecular weight excluding hydrogens is 339 g/mol. The number of halogens is 1. The first-order chi connectivity index (χ1) is 11.1. The van der Waals surface area contributed by atoms with E-state index in [0.717, 1.165) is 16.4 Å². The van der Waals surface area contributed by atoms with Crippen LogP contribution >= 0.6 is 0 Å². The number of hydrogen-bond donors (Lipinski definition) is 1. The van der Waals surface area contributed by atoms with Crippen LogP contribution in [0.1, 0.15) is 24.4 Å². The van der Waals surface area contributed by atoms with E-state index in [9.17, 15) is 22.7 Å². The van der Waals surface area contributed by atoms with Gasteiger partial charge in [-0.25, -0.2) is 21.9 Å². The lowest BCUT2D eigenvalue weighted by molar-refractivity contribution is 0.0664. The summed E-state index contributed by atoms with van der Waals surface area (Å²) in [5, 5.41) is 9.25. The molecule has 2 rings (SSSR count). The van der Waals surface area contributed by atoms with Gasteiger partial charge in [-0.3, -0.25) is 0 Å². The van der Waals surface area contributed by atoms with Gasteiger partial charge in [-0.05, 0) is 30.2 Å². The predicted molar refractivity (Wildman–Crippen MR) is 85.9 cm³/mol. The van der Waals surface area contributed by atoms with Crippen molar-refractivity contribution in [3.8, 4) is 11.3 Å². The highest BCUT2D eigenvalue weighted by atomic mass is 32.2. The van der Waals surface area contributed by atoms with Crippen molar-refractivity contribution in [1.82, 2.24) is 4.98 Å². The Bertz CT molecular complexity index is 843. The number of rotatable bonds is 6. The minimum absolute atomic E-state index is 0.0657. The Labute approximate surface area is 138 Å². The largest absolute Gasteiger partial charge is 0.475 e. The molecule has 0 amide bonds. The zero-order chi connectivity index (χ0) is 18.1. The second-order valence-electron chi connectivity index (χ2n) is 5.63. The van der Waals surface area contributed by atoms with Gasteiger partial charge in [0.05, 0.1) is 5.75 Å². The molecule has 130 valence electrons. The molecule has 0 spiro atoms. The summed E-state index contributed by atoms with van der Waals surface area (Å²) >= 11 is 0. The van der Waals surface area contributed by atoms with E-state index in [1.807, 2.05) is 0 Å². The first-order valence-corrected chi connectivity index (χ1v) is 8.69. The lowest BCUT2D eigenvalue weighted by atomic mass is 10.1. The molecule has 0 radical (unpaired) electrons. The number of carboxylic acids is 1. The van der Waals surface area contributed by atoms with Crippen molar-refractivity contribution < 1.29 is 27.1 Å². The van der Waals surface area contributed by atoms with Gasteiger partial charge >= 0.3 is 12.0 Å². The Kier molecular flexibility index (Phi) is 4.93. The molecule has 24 heavy (non-hydrogen) atoms. The molecule has 2 aromatic rings. The van der Waals surface area contributed by atoms with Crippen molar-refractivity contribution in [3.63, 3.8) is 0 Å². The van der Waals surface area contributed by atoms with Crippen LogP contribution < -0.4 is 4.31 Å². The number of hydrogen-bond acceptors (Lipinski definition) is 5. The smallest absolute Gasteiger partial charge is 0.374 e. The van der Waals surface area contributed by atoms with Crippen LogP contribution in [-0.4, -0.2) is 37.3 Å². The lowest BCUT2D eigenvalue weighted by Gasteiger charge is -2.16. The fraction of sp³-hybridized carbons (Fsp3) is 0.333. The van der Waals surface area contributed by atoms with Gasteiger partial charge in [0.2, 0.25) is 15.8 Å². The Morgan fingerprint density at radius 1 is 1.33 bits per heavy atom. The number of carboxylic acid groups (broad SMARTS) is 1. The molecule has 0 saturated carbocycles. The Morgan fingerprint density at radius 3 is 2.42 bits per heavy atom. The number of aromatic carboxylic acids is 1. The van der Waals surface area contributed by atoms with E-state index in [1.165, 1.54) is 19.2 Å². The molecule has 0 bridgehead atoms. The highest BCUT2D eigenvalue weighted by molar-refractivity contribution is 7.92. The highest BCUT2D eigenvalue weighted by Crippen LogP contribution is 2.29. The van der Waals surface area contributed by atoms with Crippen LogP contribution in [0.25, 0.3) is 11.3 Å². The number of aromatic nitrogens is 1. The number of benzene rings is 1. The molecule has 1 aromatic carbocycles. The molecular formula is C15H17FN2O5S. The Hall–Kier alpha value is -2.42. The van der Waals surface area contributed by atoms with Crippen LogP contribution in [0, 0.1) is 11.7 Å². The summed E-state index contributed by atoms with van der Waals surface area (Å²) in [5.74, 6) is -2.66. The standard InChI is InChI=1S/C15H17FN2O5S/c1-9(2)8-24(21,22)18(3)15-17-12(13(23-15)14(19)20)10-4-6-11(16)7-5-10/h4-7,9H,8H2,1-3H3,(H,19,20). The van der Waals surface area contributed by atoms with Gasteiger partial charge in [-0.15, -0.1) is 0 Å². The summed E-state index contributed by atoms with van der Waals surface area (Å²) < 4.78 is 43.5. The zero-order valence-corrected chi connectivity index (χ0v) is 14.2. The quantitative estimate of drug-likeness (QED) is 0.854. The lowest BCUT2D eigenvalue weighted by Crippen LogP contribution is -2.31. The van der Waals surface area contributed by atoms with Gasteiger partial charge in [0.15, 0.2) is 0 Å². The van der Waals surface area contributed by atoms with Gasteiger partial charge in [0, 0.05) is 12.6 Å². The molecule has 7 nitrogen and oxygen atoms in total. The maximum atomic E-state index is 13.0. The van der Waals surface area contributed by atoms with E-state index >= 15 is 0 Å². The molecule has 9 heteroatoms. The highest BCUT2D eigenvalue weighted by Gasteiger charge is 2.28. The third-order valence-electron chi connectivity index (χ3n) is 3.16. The molecule has 0 unspecified atom stereocenters. The molecule has 0 atom stereocenters. The topological polar surface area (TPSA) is 101 Å². The molecule has 1 N–H and O–H groups in total. The average Bonchev–Trinajstić information content (AvgIpc) is 2.91. The monoisotopic (exact) mass is 356 g/mol. The van der Waals surface area contributed by atoms with Crippen molar-refractivity contribution in [2.45, 2.75) is 13.8 Å². The molecule has 0 aliphatic rings. The average molecular weight is 356 g/mol. The number of nitrogens with zero attached hydrogens (tertiary/aromatic N) is 2. The van der Waals surface area contributed by atoms with Crippen LogP contribution in [0.2, 0.25) is 0 Å². The predicted octanol–water partition coefficient (Wildman–Crippen LogP) is 2.60. The molecule has 1 heterocycles. The second kappa shape index (κ2) is 6.60. The maximum absolute atomic E-state index is 13.0. The molecule has 0 fully saturated rings. The fourth-order valence-corrected chi connectivity index (χ4v) is 3.43. The molecule has 0 aliphatic heterocycles.